The summed E-state index contributed by atoms with van der Waals surface area (Å²) in [5, 5.41) is 0.839. The smallest absolute Gasteiger partial charge is 0.339 e. The van der Waals surface area contributed by atoms with Crippen molar-refractivity contribution in [3.05, 3.63) is 65.6 Å². The Morgan fingerprint density at radius 3 is 2.71 bits per heavy atom. The molecule has 0 aliphatic carbocycles. The molecule has 0 bridgehead atoms. The van der Waals surface area contributed by atoms with E-state index in [-0.39, 0.29) is 11.3 Å². The molecule has 0 aliphatic rings. The number of carbonyl (C=O) groups is 2. The molecule has 3 rings (SSSR count). The monoisotopic (exact) mass is 280 g/mol. The third-order valence-electron chi connectivity index (χ3n) is 3.26. The summed E-state index contributed by atoms with van der Waals surface area (Å²) in [6, 6.07) is 9.03. The van der Waals surface area contributed by atoms with Crippen molar-refractivity contribution < 1.29 is 14.3 Å². The average Bonchev–Trinajstić information content (AvgIpc) is 2.97. The Morgan fingerprint density at radius 1 is 1.14 bits per heavy atom. The highest BCUT2D eigenvalue weighted by Crippen LogP contribution is 2.21. The zero-order chi connectivity index (χ0) is 14.8. The highest BCUT2D eigenvalue weighted by atomic mass is 16.5. The number of ketones is 1. The first-order valence-corrected chi connectivity index (χ1v) is 6.35. The third-order valence-corrected chi connectivity index (χ3v) is 3.26. The lowest BCUT2D eigenvalue weighted by Gasteiger charge is -2.02. The van der Waals surface area contributed by atoms with E-state index in [1.54, 1.807) is 6.20 Å². The summed E-state index contributed by atoms with van der Waals surface area (Å²) in [5.74, 6) is -0.707. The quantitative estimate of drug-likeness (QED) is 0.591. The highest BCUT2D eigenvalue weighted by Gasteiger charge is 2.16. The molecule has 0 unspecified atom stereocenters. The summed E-state index contributed by atoms with van der Waals surface area (Å²) in [6.07, 6.45) is 4.48. The molecule has 2 heterocycles. The molecule has 0 spiro atoms. The number of hydrogen-bond donors (Lipinski definition) is 1. The van der Waals surface area contributed by atoms with Gasteiger partial charge in [-0.3, -0.25) is 9.78 Å². The van der Waals surface area contributed by atoms with Crippen molar-refractivity contribution >= 4 is 22.7 Å². The van der Waals surface area contributed by atoms with Gasteiger partial charge in [-0.1, -0.05) is 18.2 Å². The number of aromatic amines is 1. The second kappa shape index (κ2) is 5.20. The Hall–Kier alpha value is -2.95. The number of rotatable bonds is 3. The van der Waals surface area contributed by atoms with E-state index in [1.807, 2.05) is 24.3 Å². The van der Waals surface area contributed by atoms with Crippen molar-refractivity contribution in [2.45, 2.75) is 0 Å². The lowest BCUT2D eigenvalue weighted by Crippen LogP contribution is -2.06. The van der Waals surface area contributed by atoms with Crippen molar-refractivity contribution in [1.82, 2.24) is 9.97 Å². The standard InChI is InChI=1S/C16H12N2O3/c1-21-16(20)11-6-10(7-17-8-11)15(19)13-9-18-14-5-3-2-4-12(13)14/h2-9,18H,1H3. The van der Waals surface area contributed by atoms with E-state index in [1.165, 1.54) is 25.6 Å². The van der Waals surface area contributed by atoms with Crippen molar-refractivity contribution in [3.63, 3.8) is 0 Å². The number of ether oxygens (including phenoxy) is 1. The van der Waals surface area contributed by atoms with Crippen LogP contribution in [-0.2, 0) is 4.74 Å². The van der Waals surface area contributed by atoms with Gasteiger partial charge < -0.3 is 9.72 Å². The van der Waals surface area contributed by atoms with Gasteiger partial charge in [0.05, 0.1) is 12.7 Å². The number of carbonyl (C=O) groups excluding carboxylic acids is 2. The molecule has 1 N–H and O–H groups in total. The minimum Gasteiger partial charge on any atom is -0.465 e. The maximum atomic E-state index is 12.6. The van der Waals surface area contributed by atoms with Crippen LogP contribution in [0.2, 0.25) is 0 Å². The van der Waals surface area contributed by atoms with Crippen LogP contribution in [0.5, 0.6) is 0 Å². The Morgan fingerprint density at radius 2 is 1.90 bits per heavy atom. The Labute approximate surface area is 120 Å². The third kappa shape index (κ3) is 2.29. The molecule has 0 atom stereocenters. The van der Waals surface area contributed by atoms with Crippen molar-refractivity contribution in [2.75, 3.05) is 7.11 Å². The fourth-order valence-corrected chi connectivity index (χ4v) is 2.21. The van der Waals surface area contributed by atoms with Gasteiger partial charge in [0.15, 0.2) is 5.78 Å². The van der Waals surface area contributed by atoms with Gasteiger partial charge in [-0.05, 0) is 12.1 Å². The number of benzene rings is 1. The summed E-state index contributed by atoms with van der Waals surface area (Å²) in [4.78, 5) is 31.1. The number of methoxy groups -OCH3 is 1. The van der Waals surface area contributed by atoms with Crippen LogP contribution >= 0.6 is 0 Å². The van der Waals surface area contributed by atoms with E-state index in [2.05, 4.69) is 14.7 Å². The zero-order valence-corrected chi connectivity index (χ0v) is 11.3. The number of nitrogens with zero attached hydrogens (tertiary/aromatic N) is 1. The van der Waals surface area contributed by atoms with Crippen LogP contribution in [0.25, 0.3) is 10.9 Å². The molecule has 0 aliphatic heterocycles. The molecule has 3 aromatic rings. The van der Waals surface area contributed by atoms with E-state index in [0.29, 0.717) is 11.1 Å². The second-order valence-electron chi connectivity index (χ2n) is 4.53. The zero-order valence-electron chi connectivity index (χ0n) is 11.3. The first-order valence-electron chi connectivity index (χ1n) is 6.35. The lowest BCUT2D eigenvalue weighted by atomic mass is 10.0. The highest BCUT2D eigenvalue weighted by molar-refractivity contribution is 6.16. The number of esters is 1. The number of hydrogen-bond acceptors (Lipinski definition) is 4. The van der Waals surface area contributed by atoms with Gasteiger partial charge in [0.2, 0.25) is 0 Å². The molecule has 5 nitrogen and oxygen atoms in total. The normalized spacial score (nSPS) is 10.5. The fraction of sp³-hybridized carbons (Fsp3) is 0.0625. The Balaban J connectivity index is 2.04. The van der Waals surface area contributed by atoms with Crippen LogP contribution in [0, 0.1) is 0 Å². The lowest BCUT2D eigenvalue weighted by molar-refractivity contribution is 0.0600. The fourth-order valence-electron chi connectivity index (χ4n) is 2.21. The van der Waals surface area contributed by atoms with E-state index in [4.69, 9.17) is 0 Å². The molecule has 104 valence electrons. The first-order chi connectivity index (χ1) is 10.2. The van der Waals surface area contributed by atoms with Crippen molar-refractivity contribution in [3.8, 4) is 0 Å². The predicted molar refractivity (Wildman–Crippen MR) is 77.3 cm³/mol. The molecule has 0 radical (unpaired) electrons. The van der Waals surface area contributed by atoms with Gasteiger partial charge in [-0.15, -0.1) is 0 Å². The second-order valence-corrected chi connectivity index (χ2v) is 4.53. The number of H-pyrrole nitrogens is 1. The van der Waals surface area contributed by atoms with Crippen LogP contribution in [0.4, 0.5) is 0 Å². The maximum Gasteiger partial charge on any atom is 0.339 e. The summed E-state index contributed by atoms with van der Waals surface area (Å²) in [6.45, 7) is 0. The summed E-state index contributed by atoms with van der Waals surface area (Å²) < 4.78 is 4.64. The minimum atomic E-state index is -0.518. The van der Waals surface area contributed by atoms with E-state index in [0.717, 1.165) is 10.9 Å². The molecule has 0 fully saturated rings. The largest absolute Gasteiger partial charge is 0.465 e. The SMILES string of the molecule is COC(=O)c1cncc(C(=O)c2c[nH]c3ccccc23)c1. The average molecular weight is 280 g/mol. The number of para-hydroxylation sites is 1. The van der Waals surface area contributed by atoms with Crippen LogP contribution < -0.4 is 0 Å². The van der Waals surface area contributed by atoms with Crippen LogP contribution in [0.3, 0.4) is 0 Å². The molecular formula is C16H12N2O3. The van der Waals surface area contributed by atoms with Crippen molar-refractivity contribution in [2.24, 2.45) is 0 Å². The summed E-state index contributed by atoms with van der Waals surface area (Å²) >= 11 is 0. The molecule has 1 aromatic carbocycles. The molecular weight excluding hydrogens is 268 g/mol. The molecule has 0 amide bonds. The molecule has 2 aromatic heterocycles. The molecule has 5 heteroatoms. The van der Waals surface area contributed by atoms with Gasteiger partial charge >= 0.3 is 5.97 Å². The Bertz CT molecular complexity index is 836. The summed E-state index contributed by atoms with van der Waals surface area (Å²) in [7, 11) is 1.29. The first kappa shape index (κ1) is 13.1. The minimum absolute atomic E-state index is 0.189. The number of pyridine rings is 1. The van der Waals surface area contributed by atoms with Gasteiger partial charge in [0, 0.05) is 40.6 Å². The van der Waals surface area contributed by atoms with E-state index >= 15 is 0 Å². The van der Waals surface area contributed by atoms with Gasteiger partial charge in [0.1, 0.15) is 0 Å². The van der Waals surface area contributed by atoms with Crippen LogP contribution in [-0.4, -0.2) is 28.8 Å². The van der Waals surface area contributed by atoms with Gasteiger partial charge in [-0.25, -0.2) is 4.79 Å². The maximum absolute atomic E-state index is 12.6. The van der Waals surface area contributed by atoms with Gasteiger partial charge in [-0.2, -0.15) is 0 Å². The number of nitrogens with one attached hydrogen (secondary N) is 1. The molecule has 21 heavy (non-hydrogen) atoms. The molecule has 0 saturated heterocycles. The van der Waals surface area contributed by atoms with Crippen LogP contribution in [0.15, 0.2) is 48.9 Å². The van der Waals surface area contributed by atoms with Crippen LogP contribution in [0.1, 0.15) is 26.3 Å². The van der Waals surface area contributed by atoms with E-state index < -0.39 is 5.97 Å². The van der Waals surface area contributed by atoms with Crippen molar-refractivity contribution in [1.29, 1.82) is 0 Å². The van der Waals surface area contributed by atoms with Gasteiger partial charge in [0.25, 0.3) is 0 Å². The predicted octanol–water partition coefficient (Wildman–Crippen LogP) is 2.58. The topological polar surface area (TPSA) is 72.0 Å². The number of fused-ring (bicyclic) bond motifs is 1. The molecule has 0 saturated carbocycles. The Kier molecular flexibility index (Phi) is 3.23. The summed E-state index contributed by atoms with van der Waals surface area (Å²) in [5.41, 5.74) is 2.04. The van der Waals surface area contributed by atoms with E-state index in [9.17, 15) is 9.59 Å². The number of aromatic nitrogens is 2.